The second kappa shape index (κ2) is 38.5. The largest absolute Gasteiger partial charge is 0.390 e. The Morgan fingerprint density at radius 1 is 0.478 bits per heavy atom. The molecule has 0 bridgehead atoms. The van der Waals surface area contributed by atoms with Gasteiger partial charge in [0.2, 0.25) is 65.0 Å². The smallest absolute Gasteiger partial charge is 0.270 e. The molecular formula is C67H120N12O13. The van der Waals surface area contributed by atoms with Crippen molar-refractivity contribution >= 4 is 70.9 Å². The van der Waals surface area contributed by atoms with Crippen LogP contribution < -0.4 is 26.6 Å². The molecular weight excluding hydrogens is 1180 g/mol. The third-order valence-electron chi connectivity index (χ3n) is 17.5. The van der Waals surface area contributed by atoms with Gasteiger partial charge < -0.3 is 66.0 Å². The zero-order chi connectivity index (χ0) is 71.3. The lowest BCUT2D eigenvalue weighted by molar-refractivity contribution is -0.157. The number of hydrogen-bond acceptors (Lipinski definition) is 13. The van der Waals surface area contributed by atoms with Crippen molar-refractivity contribution in [2.45, 2.75) is 248 Å². The third kappa shape index (κ3) is 24.0. The van der Waals surface area contributed by atoms with E-state index in [1.807, 2.05) is 55.4 Å². The minimum atomic E-state index is -1.66. The SMILES string of the molecule is C=C1C(=O)N(C)[C@@H](CC(C)C)C(=O)N[C@@H](C(C)C)C(=O)N(C)[C@@H](CC(C)C)C(=O)N[C@@H](C)C(=O)N[C@H](C)C(=O)N(C)[C@@H](CC(C)C)C(=O)N(C)[C@@H](CC(C)C)C(=O)N(C)[C@@H](C(C)C)C(=O)N(C)[C@@H]([C@H](O)[C@H](C)CCCCCCNC(C)=O)C(=O)N[C@@H](CC)C(=O)N1C. The molecule has 0 saturated carbocycles. The number of aliphatic hydroxyl groups is 1. The predicted molar refractivity (Wildman–Crippen MR) is 355 cm³/mol. The Labute approximate surface area is 550 Å². The molecule has 0 aromatic carbocycles. The summed E-state index contributed by atoms with van der Waals surface area (Å²) in [5.74, 6) is -10.5. The molecule has 526 valence electrons. The number of nitrogens with one attached hydrogen (secondary N) is 5. The van der Waals surface area contributed by atoms with Crippen LogP contribution in [0.2, 0.25) is 0 Å². The number of unbranched alkanes of at least 4 members (excludes halogenated alkanes) is 3. The van der Waals surface area contributed by atoms with Crippen molar-refractivity contribution in [3.63, 3.8) is 0 Å². The van der Waals surface area contributed by atoms with E-state index in [-0.39, 0.29) is 67.4 Å². The van der Waals surface area contributed by atoms with Gasteiger partial charge in [0.05, 0.1) is 6.10 Å². The lowest BCUT2D eigenvalue weighted by Gasteiger charge is -2.41. The van der Waals surface area contributed by atoms with Gasteiger partial charge in [0.15, 0.2) is 0 Å². The minimum Gasteiger partial charge on any atom is -0.390 e. The maximum Gasteiger partial charge on any atom is 0.270 e. The molecule has 25 heteroatoms. The standard InChI is InChI=1S/C67H120N12O13/c1-26-48-63(88)73(19)46(17)62(87)74(20)50(34-38(4)5)59(84)72-53(41(10)11)66(91)75(21)49(33-37(2)3)58(83)69-44(15)57(82)70-45(16)61(86)76(22)51(35-39(6)7)64(89)77(23)52(36-40(8)9)65(90)78(24)54(42(12)13)67(92)79(25)55(60(85)71-48)56(81)43(14)31-29-27-28-30-32-68-47(18)80/h37-45,48-56,81H,17,26-36H2,1-16,18-25H3,(H,68,80)(H,69,83)(H,70,82)(H,71,85)(H,72,84)/t43-,44+,45-,48+,49+,50+,51+,52+,53+,54+,55+,56-/m1/s1. The number of likely N-dealkylation sites (N-methyl/N-ethyl adjacent to an activating group) is 7. The van der Waals surface area contributed by atoms with Gasteiger partial charge in [-0.25, -0.2) is 0 Å². The summed E-state index contributed by atoms with van der Waals surface area (Å²) in [5.41, 5.74) is -0.372. The molecule has 0 spiro atoms. The van der Waals surface area contributed by atoms with Gasteiger partial charge in [-0.3, -0.25) is 57.5 Å². The van der Waals surface area contributed by atoms with Gasteiger partial charge in [0.1, 0.15) is 66.1 Å². The van der Waals surface area contributed by atoms with Crippen LogP contribution in [0.3, 0.4) is 0 Å². The third-order valence-corrected chi connectivity index (χ3v) is 17.5. The Morgan fingerprint density at radius 2 is 0.902 bits per heavy atom. The molecule has 25 nitrogen and oxygen atoms in total. The van der Waals surface area contributed by atoms with E-state index in [2.05, 4.69) is 33.2 Å². The number of aliphatic hydroxyl groups excluding tert-OH is 1. The number of rotatable bonds is 20. The fourth-order valence-corrected chi connectivity index (χ4v) is 11.6. The summed E-state index contributed by atoms with van der Waals surface area (Å²) in [6.07, 6.45) is 2.19. The summed E-state index contributed by atoms with van der Waals surface area (Å²) < 4.78 is 0. The van der Waals surface area contributed by atoms with Gasteiger partial charge in [0.25, 0.3) is 5.91 Å². The van der Waals surface area contributed by atoms with Crippen LogP contribution in [0.5, 0.6) is 0 Å². The van der Waals surface area contributed by atoms with Gasteiger partial charge in [-0.1, -0.05) is 123 Å². The molecule has 1 aliphatic rings. The van der Waals surface area contributed by atoms with Crippen molar-refractivity contribution in [3.05, 3.63) is 12.3 Å². The van der Waals surface area contributed by atoms with Crippen molar-refractivity contribution in [1.29, 1.82) is 0 Å². The highest BCUT2D eigenvalue weighted by molar-refractivity contribution is 6.02. The van der Waals surface area contributed by atoms with Crippen LogP contribution in [0.1, 0.15) is 182 Å². The maximum absolute atomic E-state index is 15.3. The first-order valence-corrected chi connectivity index (χ1v) is 33.2. The van der Waals surface area contributed by atoms with E-state index in [1.165, 1.54) is 89.7 Å². The Bertz CT molecular complexity index is 2540. The fourth-order valence-electron chi connectivity index (χ4n) is 11.6. The minimum absolute atomic E-state index is 0.0394. The summed E-state index contributed by atoms with van der Waals surface area (Å²) in [5, 5.41) is 26.1. The summed E-state index contributed by atoms with van der Waals surface area (Å²) >= 11 is 0. The molecule has 92 heavy (non-hydrogen) atoms. The topological polar surface area (TPSA) is 308 Å². The molecule has 0 aliphatic carbocycles. The first kappa shape index (κ1) is 83.4. The van der Waals surface area contributed by atoms with E-state index in [0.717, 1.165) is 34.0 Å². The highest BCUT2D eigenvalue weighted by atomic mass is 16.3. The van der Waals surface area contributed by atoms with Crippen molar-refractivity contribution in [3.8, 4) is 0 Å². The van der Waals surface area contributed by atoms with Crippen LogP contribution >= 0.6 is 0 Å². The summed E-state index contributed by atoms with van der Waals surface area (Å²) in [6.45, 7) is 33.8. The number of carbonyl (C=O) groups is 12. The van der Waals surface area contributed by atoms with Crippen LogP contribution in [-0.2, 0) is 57.5 Å². The fraction of sp³-hybridized carbons (Fsp3) is 0.791. The summed E-state index contributed by atoms with van der Waals surface area (Å²) in [6, 6.07) is -12.7. The van der Waals surface area contributed by atoms with E-state index < -0.39 is 149 Å². The summed E-state index contributed by atoms with van der Waals surface area (Å²) in [4.78, 5) is 181. The monoisotopic (exact) mass is 1300 g/mol. The molecule has 1 rings (SSSR count). The first-order valence-electron chi connectivity index (χ1n) is 33.2. The Hall–Kier alpha value is -6.66. The molecule has 6 N–H and O–H groups in total. The highest BCUT2D eigenvalue weighted by Crippen LogP contribution is 2.27. The molecule has 0 radical (unpaired) electrons. The average Bonchev–Trinajstić information content (AvgIpc) is 0.824. The second-order valence-electron chi connectivity index (χ2n) is 28.0. The van der Waals surface area contributed by atoms with Crippen LogP contribution in [0.25, 0.3) is 0 Å². The molecule has 1 fully saturated rings. The predicted octanol–water partition coefficient (Wildman–Crippen LogP) is 3.90. The van der Waals surface area contributed by atoms with Gasteiger partial charge >= 0.3 is 0 Å². The highest BCUT2D eigenvalue weighted by Gasteiger charge is 2.46. The first-order chi connectivity index (χ1) is 42.5. The quantitative estimate of drug-likeness (QED) is 0.0746. The van der Waals surface area contributed by atoms with Crippen LogP contribution in [0.4, 0.5) is 0 Å². The Kier molecular flexibility index (Phi) is 34.9. The lowest BCUT2D eigenvalue weighted by atomic mass is 9.90. The number of nitrogens with zero attached hydrogens (tertiary/aromatic N) is 7. The van der Waals surface area contributed by atoms with Gasteiger partial charge in [-0.2, -0.15) is 0 Å². The maximum atomic E-state index is 15.3. The van der Waals surface area contributed by atoms with Gasteiger partial charge in [-0.15, -0.1) is 0 Å². The van der Waals surface area contributed by atoms with Crippen LogP contribution in [0.15, 0.2) is 12.3 Å². The molecule has 0 aromatic rings. The molecule has 1 aliphatic heterocycles. The van der Waals surface area contributed by atoms with E-state index in [1.54, 1.807) is 41.5 Å². The van der Waals surface area contributed by atoms with Crippen LogP contribution in [-0.4, -0.2) is 233 Å². The van der Waals surface area contributed by atoms with Crippen molar-refractivity contribution in [1.82, 2.24) is 60.9 Å². The van der Waals surface area contributed by atoms with E-state index in [0.29, 0.717) is 19.4 Å². The molecule has 12 amide bonds. The van der Waals surface area contributed by atoms with Crippen LogP contribution in [0, 0.1) is 41.4 Å². The molecule has 1 heterocycles. The molecule has 0 unspecified atom stereocenters. The number of carbonyl (C=O) groups excluding carboxylic acids is 12. The lowest BCUT2D eigenvalue weighted by Crippen LogP contribution is -2.63. The van der Waals surface area contributed by atoms with Gasteiger partial charge in [0, 0.05) is 62.8 Å². The molecule has 0 aromatic heterocycles. The van der Waals surface area contributed by atoms with Crippen molar-refractivity contribution in [2.75, 3.05) is 55.9 Å². The van der Waals surface area contributed by atoms with Crippen molar-refractivity contribution in [2.24, 2.45) is 41.4 Å². The van der Waals surface area contributed by atoms with E-state index in [4.69, 9.17) is 0 Å². The zero-order valence-electron chi connectivity index (χ0n) is 60.4. The second-order valence-corrected chi connectivity index (χ2v) is 28.0. The zero-order valence-corrected chi connectivity index (χ0v) is 60.4. The summed E-state index contributed by atoms with van der Waals surface area (Å²) in [7, 11) is 9.74. The van der Waals surface area contributed by atoms with Crippen molar-refractivity contribution < 1.29 is 62.6 Å². The van der Waals surface area contributed by atoms with E-state index >= 15 is 19.2 Å². The normalized spacial score (nSPS) is 25.6. The van der Waals surface area contributed by atoms with Gasteiger partial charge in [-0.05, 0) is 100 Å². The average molecular weight is 1300 g/mol. The Balaban J connectivity index is 4.36. The number of hydrogen-bond donors (Lipinski definition) is 6. The molecule has 1 saturated heterocycles. The number of amides is 12. The van der Waals surface area contributed by atoms with E-state index in [9.17, 15) is 43.5 Å². The Morgan fingerprint density at radius 3 is 1.37 bits per heavy atom. The molecule has 12 atom stereocenters.